The number of hydrogen-bond acceptors (Lipinski definition) is 2. The van der Waals surface area contributed by atoms with Crippen LogP contribution >= 0.6 is 0 Å². The predicted molar refractivity (Wildman–Crippen MR) is 86.0 cm³/mol. The van der Waals surface area contributed by atoms with Crippen molar-refractivity contribution in [3.63, 3.8) is 0 Å². The Balaban J connectivity index is 2.13. The second kappa shape index (κ2) is 7.13. The molecule has 3 heteroatoms. The Labute approximate surface area is 130 Å². The van der Waals surface area contributed by atoms with Gasteiger partial charge in [-0.3, -0.25) is 4.79 Å². The van der Waals surface area contributed by atoms with E-state index in [-0.39, 0.29) is 17.6 Å². The van der Waals surface area contributed by atoms with Crippen LogP contribution in [0.4, 0.5) is 0 Å². The summed E-state index contributed by atoms with van der Waals surface area (Å²) < 4.78 is 0. The summed E-state index contributed by atoms with van der Waals surface area (Å²) in [5.41, 5.74) is -0.0948. The van der Waals surface area contributed by atoms with E-state index in [2.05, 4.69) is 18.7 Å². The second-order valence-electron chi connectivity index (χ2n) is 7.82. The average Bonchev–Trinajstić information content (AvgIpc) is 2.87. The van der Waals surface area contributed by atoms with E-state index < -0.39 is 0 Å². The van der Waals surface area contributed by atoms with Gasteiger partial charge in [0.15, 0.2) is 0 Å². The van der Waals surface area contributed by atoms with Gasteiger partial charge in [-0.2, -0.15) is 0 Å². The lowest BCUT2D eigenvalue weighted by atomic mass is 9.76. The maximum Gasteiger partial charge on any atom is 0.229 e. The van der Waals surface area contributed by atoms with Gasteiger partial charge in [-0.05, 0) is 57.8 Å². The van der Waals surface area contributed by atoms with Crippen molar-refractivity contribution in [1.29, 1.82) is 0 Å². The number of nitrogens with zero attached hydrogens (tertiary/aromatic N) is 1. The van der Waals surface area contributed by atoms with Crippen molar-refractivity contribution in [1.82, 2.24) is 4.90 Å². The van der Waals surface area contributed by atoms with Gasteiger partial charge < -0.3 is 10.0 Å². The average molecular weight is 295 g/mol. The monoisotopic (exact) mass is 295 g/mol. The number of rotatable bonds is 5. The van der Waals surface area contributed by atoms with E-state index in [4.69, 9.17) is 0 Å². The normalized spacial score (nSPS) is 27.1. The molecule has 0 aromatic rings. The maximum atomic E-state index is 13.3. The van der Waals surface area contributed by atoms with Crippen LogP contribution in [0.3, 0.4) is 0 Å². The Morgan fingerprint density at radius 2 is 1.86 bits per heavy atom. The first-order valence-electron chi connectivity index (χ1n) is 8.94. The van der Waals surface area contributed by atoms with Gasteiger partial charge in [-0.1, -0.05) is 26.7 Å². The molecule has 3 nitrogen and oxygen atoms in total. The van der Waals surface area contributed by atoms with Crippen LogP contribution in [0.2, 0.25) is 0 Å². The van der Waals surface area contributed by atoms with Gasteiger partial charge in [0.2, 0.25) is 5.91 Å². The molecule has 122 valence electrons. The molecule has 2 rings (SSSR count). The lowest BCUT2D eigenvalue weighted by molar-refractivity contribution is -0.147. The lowest BCUT2D eigenvalue weighted by Gasteiger charge is -2.42. The zero-order chi connectivity index (χ0) is 15.5. The minimum atomic E-state index is -0.312. The summed E-state index contributed by atoms with van der Waals surface area (Å²) in [6, 6.07) is 0.260. The Hall–Kier alpha value is -0.570. The molecular weight excluding hydrogens is 262 g/mol. The third-order valence-electron chi connectivity index (χ3n) is 5.31. The number of piperidine rings is 1. The van der Waals surface area contributed by atoms with Gasteiger partial charge in [0, 0.05) is 18.0 Å². The van der Waals surface area contributed by atoms with Crippen LogP contribution < -0.4 is 0 Å². The molecule has 2 atom stereocenters. The third-order valence-corrected chi connectivity index (χ3v) is 5.31. The van der Waals surface area contributed by atoms with Crippen molar-refractivity contribution < 1.29 is 9.90 Å². The van der Waals surface area contributed by atoms with Gasteiger partial charge in [-0.15, -0.1) is 0 Å². The SMILES string of the molecule is CC(C)CC1(C(=O)N2CCCCC2CC(C)O)CCCC1. The highest BCUT2D eigenvalue weighted by Gasteiger charge is 2.45. The fraction of sp³-hybridized carbons (Fsp3) is 0.944. The van der Waals surface area contributed by atoms with Crippen LogP contribution in [0.1, 0.15) is 78.6 Å². The van der Waals surface area contributed by atoms with Crippen LogP contribution in [-0.2, 0) is 4.79 Å². The molecule has 1 heterocycles. The van der Waals surface area contributed by atoms with Crippen LogP contribution in [0.15, 0.2) is 0 Å². The summed E-state index contributed by atoms with van der Waals surface area (Å²) in [6.45, 7) is 7.21. The standard InChI is InChI=1S/C18H33NO2/c1-14(2)13-18(9-5-6-10-18)17(21)19-11-7-4-8-16(19)12-15(3)20/h14-16,20H,4-13H2,1-3H3. The summed E-state index contributed by atoms with van der Waals surface area (Å²) in [4.78, 5) is 15.4. The van der Waals surface area contributed by atoms with Crippen molar-refractivity contribution in [3.8, 4) is 0 Å². The van der Waals surface area contributed by atoms with Crippen LogP contribution in [0.5, 0.6) is 0 Å². The van der Waals surface area contributed by atoms with Gasteiger partial charge >= 0.3 is 0 Å². The van der Waals surface area contributed by atoms with Crippen molar-refractivity contribution in [2.24, 2.45) is 11.3 Å². The molecule has 1 aliphatic heterocycles. The first-order valence-corrected chi connectivity index (χ1v) is 8.94. The van der Waals surface area contributed by atoms with E-state index in [1.54, 1.807) is 0 Å². The summed E-state index contributed by atoms with van der Waals surface area (Å²) in [7, 11) is 0. The molecule has 2 fully saturated rings. The van der Waals surface area contributed by atoms with Gasteiger partial charge in [0.25, 0.3) is 0 Å². The number of likely N-dealkylation sites (tertiary alicyclic amines) is 1. The van der Waals surface area contributed by atoms with Gasteiger partial charge in [-0.25, -0.2) is 0 Å². The Bertz CT molecular complexity index is 345. The minimum Gasteiger partial charge on any atom is -0.393 e. The van der Waals surface area contributed by atoms with Gasteiger partial charge in [0.05, 0.1) is 6.10 Å². The lowest BCUT2D eigenvalue weighted by Crippen LogP contribution is -2.51. The number of aliphatic hydroxyl groups is 1. The van der Waals surface area contributed by atoms with E-state index >= 15 is 0 Å². The van der Waals surface area contributed by atoms with Crippen LogP contribution in [0, 0.1) is 11.3 Å². The van der Waals surface area contributed by atoms with E-state index in [9.17, 15) is 9.90 Å². The zero-order valence-electron chi connectivity index (χ0n) is 14.1. The molecule has 1 saturated heterocycles. The molecule has 2 unspecified atom stereocenters. The minimum absolute atomic E-state index is 0.0948. The van der Waals surface area contributed by atoms with Crippen molar-refractivity contribution >= 4 is 5.91 Å². The van der Waals surface area contributed by atoms with E-state index in [0.717, 1.165) is 45.1 Å². The summed E-state index contributed by atoms with van der Waals surface area (Å²) in [5.74, 6) is 0.978. The summed E-state index contributed by atoms with van der Waals surface area (Å²) >= 11 is 0. The van der Waals surface area contributed by atoms with E-state index in [1.807, 2.05) is 6.92 Å². The molecule has 1 N–H and O–H groups in total. The highest BCUT2D eigenvalue weighted by Crippen LogP contribution is 2.45. The second-order valence-corrected chi connectivity index (χ2v) is 7.82. The molecule has 0 aromatic heterocycles. The highest BCUT2D eigenvalue weighted by atomic mass is 16.3. The largest absolute Gasteiger partial charge is 0.393 e. The molecule has 21 heavy (non-hydrogen) atoms. The number of hydrogen-bond donors (Lipinski definition) is 1. The molecule has 0 bridgehead atoms. The van der Waals surface area contributed by atoms with Crippen molar-refractivity contribution in [2.45, 2.75) is 90.7 Å². The van der Waals surface area contributed by atoms with Crippen LogP contribution in [-0.4, -0.2) is 34.6 Å². The van der Waals surface area contributed by atoms with Gasteiger partial charge in [0.1, 0.15) is 0 Å². The van der Waals surface area contributed by atoms with E-state index in [1.165, 1.54) is 19.3 Å². The van der Waals surface area contributed by atoms with Crippen molar-refractivity contribution in [3.05, 3.63) is 0 Å². The zero-order valence-corrected chi connectivity index (χ0v) is 14.1. The summed E-state index contributed by atoms with van der Waals surface area (Å²) in [6.07, 6.45) is 9.39. The molecule has 1 saturated carbocycles. The van der Waals surface area contributed by atoms with Crippen molar-refractivity contribution in [2.75, 3.05) is 6.54 Å². The molecule has 0 radical (unpaired) electrons. The smallest absolute Gasteiger partial charge is 0.229 e. The molecule has 0 aromatic carbocycles. The third kappa shape index (κ3) is 4.00. The number of carbonyl (C=O) groups excluding carboxylic acids is 1. The first-order chi connectivity index (χ1) is 9.94. The Morgan fingerprint density at radius 1 is 1.19 bits per heavy atom. The molecular formula is C18H33NO2. The molecule has 2 aliphatic rings. The summed E-state index contributed by atoms with van der Waals surface area (Å²) in [5, 5.41) is 9.74. The first kappa shape index (κ1) is 16.8. The highest BCUT2D eigenvalue weighted by molar-refractivity contribution is 5.83. The predicted octanol–water partition coefficient (Wildman–Crippen LogP) is 3.74. The number of carbonyl (C=O) groups is 1. The number of amides is 1. The maximum absolute atomic E-state index is 13.3. The quantitative estimate of drug-likeness (QED) is 0.839. The fourth-order valence-electron chi connectivity index (χ4n) is 4.55. The Morgan fingerprint density at radius 3 is 2.43 bits per heavy atom. The van der Waals surface area contributed by atoms with Crippen LogP contribution in [0.25, 0.3) is 0 Å². The molecule has 1 aliphatic carbocycles. The fourth-order valence-corrected chi connectivity index (χ4v) is 4.55. The van der Waals surface area contributed by atoms with E-state index in [0.29, 0.717) is 11.8 Å². The molecule has 0 spiro atoms. The Kier molecular flexibility index (Phi) is 5.70. The molecule has 1 amide bonds. The number of aliphatic hydroxyl groups excluding tert-OH is 1. The topological polar surface area (TPSA) is 40.5 Å².